The Hall–Kier alpha value is -7.96. The highest BCUT2D eigenvalue weighted by molar-refractivity contribution is 7.91. The molecule has 4 heterocycles. The van der Waals surface area contributed by atoms with Crippen LogP contribution in [0, 0.1) is 13.8 Å². The maximum absolute atomic E-state index is 13.2. The first-order valence-electron chi connectivity index (χ1n) is 25.9. The van der Waals surface area contributed by atoms with Crippen LogP contribution in [0.15, 0.2) is 106 Å². The van der Waals surface area contributed by atoms with Crippen molar-refractivity contribution in [2.45, 2.75) is 138 Å². The molecule has 86 heavy (non-hydrogen) atoms. The molecule has 22 nitrogen and oxygen atoms in total. The monoisotopic (exact) mass is 1270 g/mol. The minimum atomic E-state index is -5.08. The van der Waals surface area contributed by atoms with E-state index in [4.69, 9.17) is 39.1 Å². The van der Waals surface area contributed by atoms with Crippen molar-refractivity contribution in [1.82, 2.24) is 35.9 Å². The van der Waals surface area contributed by atoms with E-state index in [0.717, 1.165) is 17.5 Å². The Morgan fingerprint density at radius 1 is 0.628 bits per heavy atom. The molecule has 0 aliphatic heterocycles. The third-order valence-corrected chi connectivity index (χ3v) is 16.9. The number of carbonyl (C=O) groups is 5. The minimum Gasteiger partial charge on any atom is -0.475 e. The zero-order chi connectivity index (χ0) is 63.1. The Kier molecular flexibility index (Phi) is 24.9. The van der Waals surface area contributed by atoms with Crippen LogP contribution in [0.3, 0.4) is 0 Å². The molecule has 0 unspecified atom stereocenters. The zero-order valence-corrected chi connectivity index (χ0v) is 49.2. The van der Waals surface area contributed by atoms with Crippen molar-refractivity contribution in [3.63, 3.8) is 0 Å². The fraction of sp³-hybridized carbons (Fsp3) is 0.400. The summed E-state index contributed by atoms with van der Waals surface area (Å²) in [6.07, 6.45) is -0.792. The van der Waals surface area contributed by atoms with Crippen molar-refractivity contribution in [3.05, 3.63) is 143 Å². The van der Waals surface area contributed by atoms with Gasteiger partial charge in [-0.25, -0.2) is 41.2 Å². The van der Waals surface area contributed by atoms with E-state index in [0.29, 0.717) is 96.2 Å². The first-order valence-corrected chi connectivity index (χ1v) is 29.3. The summed E-state index contributed by atoms with van der Waals surface area (Å²) in [7, 11) is -6.87. The van der Waals surface area contributed by atoms with Gasteiger partial charge >= 0.3 is 30.4 Å². The van der Waals surface area contributed by atoms with E-state index in [1.165, 1.54) is 0 Å². The van der Waals surface area contributed by atoms with Gasteiger partial charge in [-0.3, -0.25) is 19.6 Å². The predicted molar refractivity (Wildman–Crippen MR) is 300 cm³/mol. The number of carbonyl (C=O) groups excluding carboxylic acids is 3. The number of nitrogens with zero attached hydrogens (tertiary/aromatic N) is 4. The molecule has 2 aromatic carbocycles. The third-order valence-electron chi connectivity index (χ3n) is 12.6. The number of nitrogens with two attached hydrogens (primary N) is 1. The summed E-state index contributed by atoms with van der Waals surface area (Å²) >= 11 is 0. The van der Waals surface area contributed by atoms with Gasteiger partial charge in [0.05, 0.1) is 33.4 Å². The molecule has 0 bridgehead atoms. The molecule has 4 aromatic heterocycles. The minimum absolute atomic E-state index is 0. The molecule has 0 radical (unpaired) electrons. The number of pyridine rings is 2. The molecule has 4 atom stereocenters. The van der Waals surface area contributed by atoms with Gasteiger partial charge in [0.25, 0.3) is 11.8 Å². The molecular formula is C55H63ClF6N8O14S2. The second-order valence-electron chi connectivity index (χ2n) is 20.5. The summed E-state index contributed by atoms with van der Waals surface area (Å²) in [4.78, 5) is 71.7. The number of halogens is 7. The smallest absolute Gasteiger partial charge is 0.475 e. The molecule has 2 aliphatic carbocycles. The lowest BCUT2D eigenvalue weighted by Crippen LogP contribution is -2.38. The number of carboxylic acid groups (broad SMARTS) is 2. The fourth-order valence-electron chi connectivity index (χ4n) is 8.26. The Bertz CT molecular complexity index is 3450. The van der Waals surface area contributed by atoms with E-state index in [9.17, 15) is 57.6 Å². The number of sulfone groups is 2. The molecule has 3 amide bonds. The van der Waals surface area contributed by atoms with Crippen LogP contribution in [0.4, 0.5) is 31.1 Å². The summed E-state index contributed by atoms with van der Waals surface area (Å²) in [5.41, 5.74) is 10.1. The molecule has 0 spiro atoms. The molecular weight excluding hydrogens is 1210 g/mol. The first-order chi connectivity index (χ1) is 39.6. The second-order valence-corrected chi connectivity index (χ2v) is 25.0. The van der Waals surface area contributed by atoms with Crippen molar-refractivity contribution < 1.29 is 90.9 Å². The first kappa shape index (κ1) is 70.5. The van der Waals surface area contributed by atoms with E-state index in [1.807, 2.05) is 24.3 Å². The number of rotatable bonds is 15. The van der Waals surface area contributed by atoms with Gasteiger partial charge < -0.3 is 45.5 Å². The number of hydrogen-bond acceptors (Lipinski definition) is 17. The predicted octanol–water partition coefficient (Wildman–Crippen LogP) is 8.79. The van der Waals surface area contributed by atoms with Gasteiger partial charge in [-0.15, -0.1) is 12.4 Å². The SMILES string of the molecule is Cc1oc(-c2ccc(C(=O)NCc3cccnc3)cc2)nc1CS(=O)(=O)[C@H]1CC[C@H](N)C1.Cc1oc(-c2ccc(C(=O)NCc3cccnc3)cc2)nc1CS(=O)(=O)[C@H]1CC[C@H](NC(=O)OC(C)(C)C)C1.Cl.O=C(O)C(F)(F)F.O=C(O)C(F)(F)F. The number of hydrogen-bond donors (Lipinski definition) is 6. The van der Waals surface area contributed by atoms with E-state index in [1.54, 1.807) is 108 Å². The number of aliphatic carboxylic acids is 2. The van der Waals surface area contributed by atoms with E-state index in [-0.39, 0.29) is 53.7 Å². The van der Waals surface area contributed by atoms with Gasteiger partial charge in [-0.05, 0) is 145 Å². The van der Waals surface area contributed by atoms with Gasteiger partial charge in [0.15, 0.2) is 19.7 Å². The van der Waals surface area contributed by atoms with Gasteiger partial charge in [0, 0.05) is 72.2 Å². The van der Waals surface area contributed by atoms with Crippen LogP contribution in [0.2, 0.25) is 0 Å². The molecule has 7 N–H and O–H groups in total. The van der Waals surface area contributed by atoms with Crippen molar-refractivity contribution >= 4 is 61.9 Å². The quantitative estimate of drug-likeness (QED) is 0.0523. The Balaban J connectivity index is 0.000000301. The molecule has 0 saturated heterocycles. The molecule has 468 valence electrons. The van der Waals surface area contributed by atoms with Gasteiger partial charge in [0.2, 0.25) is 11.8 Å². The molecule has 2 aliphatic rings. The molecule has 31 heteroatoms. The van der Waals surface area contributed by atoms with Crippen molar-refractivity contribution in [1.29, 1.82) is 0 Å². The van der Waals surface area contributed by atoms with Gasteiger partial charge in [-0.2, -0.15) is 26.3 Å². The number of oxazole rings is 2. The van der Waals surface area contributed by atoms with Crippen LogP contribution < -0.4 is 21.7 Å². The molecule has 6 aromatic rings. The van der Waals surface area contributed by atoms with Crippen LogP contribution in [0.1, 0.15) is 114 Å². The number of benzene rings is 2. The average molecular weight is 1270 g/mol. The summed E-state index contributed by atoms with van der Waals surface area (Å²) in [5.74, 6) is -4.83. The number of ether oxygens (including phenoxy) is 1. The number of amides is 3. The van der Waals surface area contributed by atoms with Gasteiger partial charge in [0.1, 0.15) is 17.1 Å². The van der Waals surface area contributed by atoms with Crippen LogP contribution in [0.5, 0.6) is 0 Å². The maximum Gasteiger partial charge on any atom is 0.490 e. The topological polar surface area (TPSA) is 343 Å². The lowest BCUT2D eigenvalue weighted by Gasteiger charge is -2.21. The summed E-state index contributed by atoms with van der Waals surface area (Å²) in [6, 6.07) is 20.7. The lowest BCUT2D eigenvalue weighted by molar-refractivity contribution is -0.193. The van der Waals surface area contributed by atoms with Crippen LogP contribution in [-0.2, 0) is 58.6 Å². The van der Waals surface area contributed by atoms with Crippen LogP contribution >= 0.6 is 12.4 Å². The third kappa shape index (κ3) is 22.1. The summed E-state index contributed by atoms with van der Waals surface area (Å²) < 4.78 is 132. The lowest BCUT2D eigenvalue weighted by atomic mass is 10.1. The van der Waals surface area contributed by atoms with Gasteiger partial charge in [-0.1, -0.05) is 12.1 Å². The fourth-order valence-corrected chi connectivity index (χ4v) is 12.1. The molecule has 2 fully saturated rings. The molecule has 2 saturated carbocycles. The van der Waals surface area contributed by atoms with Crippen molar-refractivity contribution in [3.8, 4) is 22.9 Å². The highest BCUT2D eigenvalue weighted by Crippen LogP contribution is 2.32. The van der Waals surface area contributed by atoms with E-state index >= 15 is 0 Å². The highest BCUT2D eigenvalue weighted by Gasteiger charge is 2.40. The van der Waals surface area contributed by atoms with Crippen molar-refractivity contribution in [2.75, 3.05) is 0 Å². The average Bonchev–Trinajstić information content (AvgIpc) is 2.68. The number of alkyl carbamates (subject to hydrolysis) is 1. The highest BCUT2D eigenvalue weighted by atomic mass is 35.5. The van der Waals surface area contributed by atoms with E-state index in [2.05, 4.69) is 35.9 Å². The normalized spacial score (nSPS) is 16.7. The Labute approximate surface area is 496 Å². The van der Waals surface area contributed by atoms with E-state index < -0.39 is 66.2 Å². The number of nitrogens with one attached hydrogen (secondary N) is 3. The van der Waals surface area contributed by atoms with Crippen LogP contribution in [0.25, 0.3) is 22.9 Å². The standard InChI is InChI=1S/C28H34N4O6S.C23H26N4O4S.2C2HF3O2.ClH/c1-18-24(17-39(35,36)23-12-11-22(14-23)31-27(34)38-28(2,3)4)32-26(37-18)21-9-7-20(8-10-21)25(33)30-16-19-6-5-13-29-15-19;1-15-21(14-32(29,30)20-9-8-19(24)11-20)27-23(31-15)18-6-4-17(5-7-18)22(28)26-13-16-3-2-10-25-12-16;2*3-2(4,5)1(6)7;/h5-10,13,15,22-23H,11-12,14,16-17H2,1-4H3,(H,30,33)(H,31,34);2-7,10,12,19-20H,8-9,11,13-14,24H2,1H3,(H,26,28);2*(H,6,7);1H/t22-,23-;19-,20-;;;/m00.../s1. The van der Waals surface area contributed by atoms with Crippen LogP contribution in [-0.4, -0.2) is 117 Å². The Morgan fingerprint density at radius 3 is 1.35 bits per heavy atom. The number of aromatic nitrogens is 4. The summed E-state index contributed by atoms with van der Waals surface area (Å²) in [5, 5.41) is 21.7. The summed E-state index contributed by atoms with van der Waals surface area (Å²) in [6.45, 7) is 9.48. The zero-order valence-electron chi connectivity index (χ0n) is 46.8. The van der Waals surface area contributed by atoms with Crippen molar-refractivity contribution in [2.24, 2.45) is 5.73 Å². The Morgan fingerprint density at radius 2 is 1.01 bits per heavy atom. The number of carboxylic acids is 2. The maximum atomic E-state index is 13.2. The molecule has 8 rings (SSSR count). The number of aryl methyl sites for hydroxylation is 2. The second kappa shape index (κ2) is 30.4. The largest absolute Gasteiger partial charge is 0.490 e. The number of alkyl halides is 6.